The summed E-state index contributed by atoms with van der Waals surface area (Å²) < 4.78 is 27.4. The number of hydrogen-bond acceptors (Lipinski definition) is 10. The van der Waals surface area contributed by atoms with E-state index in [1.165, 1.54) is 6.33 Å². The van der Waals surface area contributed by atoms with Gasteiger partial charge in [0.1, 0.15) is 11.8 Å². The van der Waals surface area contributed by atoms with Gasteiger partial charge in [0.05, 0.1) is 12.4 Å². The molecule has 2 aromatic rings. The van der Waals surface area contributed by atoms with Crippen LogP contribution in [0, 0.1) is 0 Å². The van der Waals surface area contributed by atoms with E-state index in [1.54, 1.807) is 6.33 Å². The molecule has 120 valence electrons. The normalized spacial score (nSPS) is 21.9. The van der Waals surface area contributed by atoms with Crippen molar-refractivity contribution in [2.45, 2.75) is 25.0 Å². The van der Waals surface area contributed by atoms with Gasteiger partial charge in [0.2, 0.25) is 0 Å². The third kappa shape index (κ3) is 2.70. The first-order valence-electron chi connectivity index (χ1n) is 6.47. The maximum absolute atomic E-state index is 11.7. The van der Waals surface area contributed by atoms with Gasteiger partial charge < -0.3 is 15.0 Å². The molecule has 0 aliphatic heterocycles. The predicted molar refractivity (Wildman–Crippen MR) is 75.9 cm³/mol. The Kier molecular flexibility index (Phi) is 4.08. The number of nitrogen functional groups attached to an aromatic ring is 1. The van der Waals surface area contributed by atoms with Crippen molar-refractivity contribution < 1.29 is 18.6 Å². The molecule has 6 N–H and O–H groups in total. The molecule has 3 rings (SSSR count). The van der Waals surface area contributed by atoms with E-state index >= 15 is 0 Å². The van der Waals surface area contributed by atoms with Crippen LogP contribution in [0.1, 0.15) is 18.9 Å². The highest BCUT2D eigenvalue weighted by molar-refractivity contribution is 7.53. The van der Waals surface area contributed by atoms with Gasteiger partial charge >= 0.3 is 7.60 Å². The molecule has 1 aliphatic rings. The lowest BCUT2D eigenvalue weighted by molar-refractivity contribution is -0.0128. The van der Waals surface area contributed by atoms with Crippen LogP contribution < -0.4 is 17.5 Å². The van der Waals surface area contributed by atoms with Crippen LogP contribution in [0.4, 0.5) is 5.82 Å². The molecule has 0 unspecified atom stereocenters. The van der Waals surface area contributed by atoms with Crippen molar-refractivity contribution in [2.24, 2.45) is 11.8 Å². The van der Waals surface area contributed by atoms with Gasteiger partial charge in [-0.05, 0) is 12.8 Å². The Labute approximate surface area is 125 Å². The second-order valence-corrected chi connectivity index (χ2v) is 6.85. The van der Waals surface area contributed by atoms with Crippen LogP contribution in [0.15, 0.2) is 12.7 Å². The third-order valence-corrected chi connectivity index (χ3v) is 4.75. The van der Waals surface area contributed by atoms with Crippen LogP contribution in [-0.2, 0) is 18.6 Å². The quantitative estimate of drug-likeness (QED) is 0.487. The molecule has 1 fully saturated rings. The average Bonchev–Trinajstić information content (AvgIpc) is 2.91. The molecule has 0 bridgehead atoms. The summed E-state index contributed by atoms with van der Waals surface area (Å²) in [5.41, 5.74) is 7.00. The van der Waals surface area contributed by atoms with E-state index in [2.05, 4.69) is 24.2 Å². The van der Waals surface area contributed by atoms with Crippen molar-refractivity contribution in [3.63, 3.8) is 0 Å². The minimum atomic E-state index is -3.56. The van der Waals surface area contributed by atoms with Crippen molar-refractivity contribution in [3.8, 4) is 0 Å². The number of fused-ring (bicyclic) bond motifs is 1. The monoisotopic (exact) mass is 329 g/mol. The summed E-state index contributed by atoms with van der Waals surface area (Å²) in [7, 11) is -3.56. The lowest BCUT2D eigenvalue weighted by Gasteiger charge is -2.36. The molecular formula is C10H16N7O4P. The van der Waals surface area contributed by atoms with E-state index in [1.807, 2.05) is 4.57 Å². The molecule has 0 saturated heterocycles. The van der Waals surface area contributed by atoms with Crippen LogP contribution in [0.25, 0.3) is 11.2 Å². The second kappa shape index (κ2) is 5.88. The number of nitrogens with zero attached hydrogens (tertiary/aromatic N) is 4. The van der Waals surface area contributed by atoms with Crippen LogP contribution in [0.3, 0.4) is 0 Å². The molecule has 0 spiro atoms. The highest BCUT2D eigenvalue weighted by atomic mass is 31.2. The number of ether oxygens (including phenoxy) is 1. The molecule has 0 amide bonds. The molecule has 0 radical (unpaired) electrons. The van der Waals surface area contributed by atoms with Crippen LogP contribution in [-0.4, -0.2) is 32.0 Å². The fourth-order valence-electron chi connectivity index (χ4n) is 2.32. The summed E-state index contributed by atoms with van der Waals surface area (Å²) in [5.74, 6) is 10.1. The van der Waals surface area contributed by atoms with Crippen molar-refractivity contribution in [2.75, 3.05) is 12.1 Å². The summed E-state index contributed by atoms with van der Waals surface area (Å²) in [6.45, 7) is 0. The highest BCUT2D eigenvalue weighted by Gasteiger charge is 2.35. The third-order valence-electron chi connectivity index (χ3n) is 3.64. The SMILES string of the molecule is NOP(=O)(COC1CC(n2cnc3c(N)ncnc32)C1)ON. The summed E-state index contributed by atoms with van der Waals surface area (Å²) >= 11 is 0. The van der Waals surface area contributed by atoms with Crippen molar-refractivity contribution in [1.82, 2.24) is 19.5 Å². The fraction of sp³-hybridized carbons (Fsp3) is 0.500. The van der Waals surface area contributed by atoms with Crippen LogP contribution >= 0.6 is 7.60 Å². The molecule has 2 aromatic heterocycles. The summed E-state index contributed by atoms with van der Waals surface area (Å²) in [6, 6.07) is 0.168. The summed E-state index contributed by atoms with van der Waals surface area (Å²) in [4.78, 5) is 12.3. The lowest BCUT2D eigenvalue weighted by atomic mass is 9.89. The Morgan fingerprint density at radius 2 is 2.00 bits per heavy atom. The standard InChI is InChI=1S/C10H16N7O4P/c11-9-8-10(15-3-14-9)17(4-16-8)6-1-7(2-6)19-5-22(18,20-12)21-13/h3-4,6-7H,1-2,5,12-13H2,(H2,11,14,15). The molecule has 11 nitrogen and oxygen atoms in total. The van der Waals surface area contributed by atoms with Gasteiger partial charge in [-0.2, -0.15) is 0 Å². The Hall–Kier alpha value is -1.62. The van der Waals surface area contributed by atoms with Gasteiger partial charge in [-0.25, -0.2) is 36.0 Å². The van der Waals surface area contributed by atoms with E-state index in [-0.39, 0.29) is 18.5 Å². The molecule has 22 heavy (non-hydrogen) atoms. The molecule has 0 aromatic carbocycles. The van der Waals surface area contributed by atoms with Gasteiger partial charge in [0.25, 0.3) is 0 Å². The van der Waals surface area contributed by atoms with Crippen molar-refractivity contribution in [3.05, 3.63) is 12.7 Å². The Balaban J connectivity index is 1.61. The van der Waals surface area contributed by atoms with Crippen LogP contribution in [0.5, 0.6) is 0 Å². The van der Waals surface area contributed by atoms with E-state index in [0.717, 1.165) is 0 Å². The number of imidazole rings is 1. The Morgan fingerprint density at radius 3 is 2.68 bits per heavy atom. The molecule has 0 atom stereocenters. The van der Waals surface area contributed by atoms with Crippen LogP contribution in [0.2, 0.25) is 0 Å². The van der Waals surface area contributed by atoms with E-state index in [4.69, 9.17) is 22.3 Å². The molecule has 12 heteroatoms. The first-order chi connectivity index (χ1) is 10.6. The van der Waals surface area contributed by atoms with Crippen molar-refractivity contribution >= 4 is 24.6 Å². The number of rotatable bonds is 6. The second-order valence-electron chi connectivity index (χ2n) is 4.95. The van der Waals surface area contributed by atoms with E-state index < -0.39 is 7.60 Å². The number of anilines is 1. The van der Waals surface area contributed by atoms with Gasteiger partial charge in [-0.1, -0.05) is 0 Å². The van der Waals surface area contributed by atoms with Gasteiger partial charge in [0, 0.05) is 6.04 Å². The maximum Gasteiger partial charge on any atom is 0.388 e. The highest BCUT2D eigenvalue weighted by Crippen LogP contribution is 2.46. The topological polar surface area (TPSA) is 166 Å². The van der Waals surface area contributed by atoms with Gasteiger partial charge in [-0.15, -0.1) is 0 Å². The average molecular weight is 329 g/mol. The Morgan fingerprint density at radius 1 is 1.27 bits per heavy atom. The molecule has 2 heterocycles. The van der Waals surface area contributed by atoms with E-state index in [9.17, 15) is 4.57 Å². The fourth-order valence-corrected chi connectivity index (χ4v) is 2.89. The lowest BCUT2D eigenvalue weighted by Crippen LogP contribution is -2.33. The van der Waals surface area contributed by atoms with E-state index in [0.29, 0.717) is 29.8 Å². The smallest absolute Gasteiger partial charge is 0.382 e. The largest absolute Gasteiger partial charge is 0.388 e. The predicted octanol–water partition coefficient (Wildman–Crippen LogP) is 0.0598. The number of nitrogens with two attached hydrogens (primary N) is 3. The Bertz CT molecular complexity index is 708. The molecule has 1 aliphatic carbocycles. The zero-order chi connectivity index (χ0) is 15.7. The van der Waals surface area contributed by atoms with Gasteiger partial charge in [-0.3, -0.25) is 4.57 Å². The minimum absolute atomic E-state index is 0.0970. The number of aromatic nitrogens is 4. The first-order valence-corrected chi connectivity index (χ1v) is 8.19. The maximum atomic E-state index is 11.7. The first kappa shape index (κ1) is 15.3. The number of hydrogen-bond donors (Lipinski definition) is 3. The van der Waals surface area contributed by atoms with Gasteiger partial charge in [0.15, 0.2) is 17.8 Å². The minimum Gasteiger partial charge on any atom is -0.382 e. The zero-order valence-corrected chi connectivity index (χ0v) is 12.4. The van der Waals surface area contributed by atoms with Crippen molar-refractivity contribution in [1.29, 1.82) is 0 Å². The molecule has 1 saturated carbocycles. The molecular weight excluding hydrogens is 313 g/mol. The summed E-state index contributed by atoms with van der Waals surface area (Å²) in [6.07, 6.45) is 4.08. The summed E-state index contributed by atoms with van der Waals surface area (Å²) in [5, 5.41) is 0. The zero-order valence-electron chi connectivity index (χ0n) is 11.5.